The van der Waals surface area contributed by atoms with Crippen LogP contribution in [0.4, 0.5) is 0 Å². The van der Waals surface area contributed by atoms with E-state index in [0.29, 0.717) is 18.9 Å². The van der Waals surface area contributed by atoms with Gasteiger partial charge in [0.05, 0.1) is 6.61 Å². The highest BCUT2D eigenvalue weighted by Gasteiger charge is 1.96. The predicted molar refractivity (Wildman–Crippen MR) is 41.0 cm³/mol. The standard InChI is InChI=1S/C8H16O2/c1-3-8(2)7-10-6-4-5-9/h5,8H,3-4,6-7H2,1-2H3. The molecule has 0 bridgehead atoms. The molecule has 0 spiro atoms. The molecule has 0 heterocycles. The molecule has 10 heavy (non-hydrogen) atoms. The number of aldehydes is 1. The normalized spacial score (nSPS) is 13.0. The minimum Gasteiger partial charge on any atom is -0.381 e. The molecular formula is C8H16O2. The van der Waals surface area contributed by atoms with E-state index in [9.17, 15) is 4.79 Å². The second kappa shape index (κ2) is 6.75. The molecule has 0 saturated heterocycles. The van der Waals surface area contributed by atoms with Gasteiger partial charge in [0, 0.05) is 13.0 Å². The Morgan fingerprint density at radius 2 is 2.30 bits per heavy atom. The summed E-state index contributed by atoms with van der Waals surface area (Å²) in [5.41, 5.74) is 0. The molecule has 0 N–H and O–H groups in total. The van der Waals surface area contributed by atoms with E-state index in [2.05, 4.69) is 13.8 Å². The first kappa shape index (κ1) is 9.63. The molecule has 0 aliphatic heterocycles. The Balaban J connectivity index is 2.95. The van der Waals surface area contributed by atoms with Crippen LogP contribution in [-0.4, -0.2) is 19.5 Å². The van der Waals surface area contributed by atoms with E-state index in [1.165, 1.54) is 0 Å². The average molecular weight is 144 g/mol. The fraction of sp³-hybridized carbons (Fsp3) is 0.875. The molecule has 0 radical (unpaired) electrons. The smallest absolute Gasteiger partial charge is 0.122 e. The molecule has 0 fully saturated rings. The Morgan fingerprint density at radius 3 is 2.80 bits per heavy atom. The van der Waals surface area contributed by atoms with Gasteiger partial charge < -0.3 is 9.53 Å². The summed E-state index contributed by atoms with van der Waals surface area (Å²) < 4.78 is 5.20. The van der Waals surface area contributed by atoms with Crippen LogP contribution in [0.15, 0.2) is 0 Å². The lowest BCUT2D eigenvalue weighted by Crippen LogP contribution is -2.05. The van der Waals surface area contributed by atoms with Crippen LogP contribution in [0.5, 0.6) is 0 Å². The summed E-state index contributed by atoms with van der Waals surface area (Å²) >= 11 is 0. The van der Waals surface area contributed by atoms with Gasteiger partial charge in [-0.2, -0.15) is 0 Å². The molecule has 2 heteroatoms. The van der Waals surface area contributed by atoms with Crippen molar-refractivity contribution in [2.75, 3.05) is 13.2 Å². The Hall–Kier alpha value is -0.370. The van der Waals surface area contributed by atoms with Gasteiger partial charge in [-0.15, -0.1) is 0 Å². The van der Waals surface area contributed by atoms with Crippen LogP contribution >= 0.6 is 0 Å². The van der Waals surface area contributed by atoms with Gasteiger partial charge in [0.2, 0.25) is 0 Å². The van der Waals surface area contributed by atoms with Crippen LogP contribution in [0, 0.1) is 5.92 Å². The molecule has 60 valence electrons. The van der Waals surface area contributed by atoms with Gasteiger partial charge in [-0.3, -0.25) is 0 Å². The highest BCUT2D eigenvalue weighted by Crippen LogP contribution is 1.99. The van der Waals surface area contributed by atoms with Gasteiger partial charge in [0.1, 0.15) is 6.29 Å². The van der Waals surface area contributed by atoms with Gasteiger partial charge >= 0.3 is 0 Å². The first-order chi connectivity index (χ1) is 4.81. The summed E-state index contributed by atoms with van der Waals surface area (Å²) in [6.07, 6.45) is 2.55. The van der Waals surface area contributed by atoms with Crippen molar-refractivity contribution in [1.29, 1.82) is 0 Å². The van der Waals surface area contributed by atoms with Crippen LogP contribution < -0.4 is 0 Å². The van der Waals surface area contributed by atoms with Gasteiger partial charge in [0.15, 0.2) is 0 Å². The van der Waals surface area contributed by atoms with E-state index < -0.39 is 0 Å². The first-order valence-corrected chi connectivity index (χ1v) is 3.82. The third-order valence-corrected chi connectivity index (χ3v) is 1.48. The number of rotatable bonds is 6. The summed E-state index contributed by atoms with van der Waals surface area (Å²) in [6.45, 7) is 5.63. The monoisotopic (exact) mass is 144 g/mol. The molecule has 0 aliphatic carbocycles. The molecule has 0 aromatic rings. The van der Waals surface area contributed by atoms with Gasteiger partial charge in [-0.1, -0.05) is 20.3 Å². The molecular weight excluding hydrogens is 128 g/mol. The number of carbonyl (C=O) groups excluding carboxylic acids is 1. The van der Waals surface area contributed by atoms with Crippen molar-refractivity contribution in [3.05, 3.63) is 0 Å². The average Bonchev–Trinajstić information content (AvgIpc) is 1.98. The zero-order chi connectivity index (χ0) is 7.82. The first-order valence-electron chi connectivity index (χ1n) is 3.82. The lowest BCUT2D eigenvalue weighted by molar-refractivity contribution is -0.108. The fourth-order valence-corrected chi connectivity index (χ4v) is 0.534. The SMILES string of the molecule is CCC(C)COCCC=O. The van der Waals surface area contributed by atoms with E-state index in [-0.39, 0.29) is 0 Å². The minimum absolute atomic E-state index is 0.524. The van der Waals surface area contributed by atoms with Crippen molar-refractivity contribution in [2.45, 2.75) is 26.7 Å². The maximum atomic E-state index is 9.84. The zero-order valence-corrected chi connectivity index (χ0v) is 6.80. The second-order valence-corrected chi connectivity index (χ2v) is 2.54. The van der Waals surface area contributed by atoms with Crippen LogP contribution in [0.25, 0.3) is 0 Å². The maximum Gasteiger partial charge on any atom is 0.122 e. The van der Waals surface area contributed by atoms with E-state index in [0.717, 1.165) is 19.3 Å². The molecule has 0 aromatic carbocycles. The number of hydrogen-bond donors (Lipinski definition) is 0. The third kappa shape index (κ3) is 5.76. The number of carbonyl (C=O) groups is 1. The van der Waals surface area contributed by atoms with Crippen molar-refractivity contribution in [2.24, 2.45) is 5.92 Å². The van der Waals surface area contributed by atoms with E-state index >= 15 is 0 Å². The highest BCUT2D eigenvalue weighted by atomic mass is 16.5. The quantitative estimate of drug-likeness (QED) is 0.418. The Morgan fingerprint density at radius 1 is 1.60 bits per heavy atom. The maximum absolute atomic E-state index is 9.84. The van der Waals surface area contributed by atoms with Crippen LogP contribution in [0.2, 0.25) is 0 Å². The van der Waals surface area contributed by atoms with E-state index in [1.807, 2.05) is 0 Å². The zero-order valence-electron chi connectivity index (χ0n) is 6.80. The van der Waals surface area contributed by atoms with Crippen LogP contribution in [-0.2, 0) is 9.53 Å². The van der Waals surface area contributed by atoms with Gasteiger partial charge in [-0.05, 0) is 5.92 Å². The van der Waals surface area contributed by atoms with Crippen LogP contribution in [0.1, 0.15) is 26.7 Å². The van der Waals surface area contributed by atoms with Gasteiger partial charge in [0.25, 0.3) is 0 Å². The largest absolute Gasteiger partial charge is 0.381 e. The molecule has 0 amide bonds. The van der Waals surface area contributed by atoms with E-state index in [1.54, 1.807) is 0 Å². The summed E-state index contributed by atoms with van der Waals surface area (Å²) in [6, 6.07) is 0. The van der Waals surface area contributed by atoms with Crippen LogP contribution in [0.3, 0.4) is 0 Å². The van der Waals surface area contributed by atoms with E-state index in [4.69, 9.17) is 4.74 Å². The third-order valence-electron chi connectivity index (χ3n) is 1.48. The van der Waals surface area contributed by atoms with Crippen molar-refractivity contribution in [1.82, 2.24) is 0 Å². The summed E-state index contributed by atoms with van der Waals surface area (Å²) in [7, 11) is 0. The second-order valence-electron chi connectivity index (χ2n) is 2.54. The van der Waals surface area contributed by atoms with Gasteiger partial charge in [-0.25, -0.2) is 0 Å². The molecule has 2 nitrogen and oxygen atoms in total. The van der Waals surface area contributed by atoms with Crippen molar-refractivity contribution in [3.8, 4) is 0 Å². The minimum atomic E-state index is 0.524. The van der Waals surface area contributed by atoms with Crippen molar-refractivity contribution in [3.63, 3.8) is 0 Å². The molecule has 1 unspecified atom stereocenters. The molecule has 0 rings (SSSR count). The van der Waals surface area contributed by atoms with Crippen molar-refractivity contribution < 1.29 is 9.53 Å². The number of hydrogen-bond acceptors (Lipinski definition) is 2. The number of ether oxygens (including phenoxy) is 1. The molecule has 0 saturated carbocycles. The Kier molecular flexibility index (Phi) is 6.50. The topological polar surface area (TPSA) is 26.3 Å². The lowest BCUT2D eigenvalue weighted by atomic mass is 10.1. The lowest BCUT2D eigenvalue weighted by Gasteiger charge is -2.07. The molecule has 1 atom stereocenters. The molecule has 0 aromatic heterocycles. The van der Waals surface area contributed by atoms with Crippen molar-refractivity contribution >= 4 is 6.29 Å². The Bertz CT molecular complexity index is 81.3. The molecule has 0 aliphatic rings. The Labute approximate surface area is 62.6 Å². The summed E-state index contributed by atoms with van der Waals surface area (Å²) in [5, 5.41) is 0. The summed E-state index contributed by atoms with van der Waals surface area (Å²) in [5.74, 6) is 0.617. The highest BCUT2D eigenvalue weighted by molar-refractivity contribution is 5.49. The summed E-state index contributed by atoms with van der Waals surface area (Å²) in [4.78, 5) is 9.84. The predicted octanol–water partition coefficient (Wildman–Crippen LogP) is 1.64. The fourth-order valence-electron chi connectivity index (χ4n) is 0.534.